The first-order chi connectivity index (χ1) is 15.8. The van der Waals surface area contributed by atoms with E-state index in [9.17, 15) is 22.8 Å². The molecule has 2 aromatic rings. The first-order valence-electron chi connectivity index (χ1n) is 10.6. The molecule has 0 aliphatic carbocycles. The summed E-state index contributed by atoms with van der Waals surface area (Å²) in [5.74, 6) is -0.385. The average Bonchev–Trinajstić information content (AvgIpc) is 3.01. The van der Waals surface area contributed by atoms with Crippen LogP contribution in [-0.2, 0) is 15.7 Å². The number of nitrogens with one attached hydrogen (secondary N) is 1. The molecule has 6 nitrogen and oxygen atoms in total. The molecular formula is C24H23F3N2O4. The average molecular weight is 460 g/mol. The highest BCUT2D eigenvalue weighted by Crippen LogP contribution is 2.38. The molecule has 174 valence electrons. The summed E-state index contributed by atoms with van der Waals surface area (Å²) in [4.78, 5) is 26.8. The van der Waals surface area contributed by atoms with Gasteiger partial charge >= 0.3 is 6.18 Å². The van der Waals surface area contributed by atoms with Crippen LogP contribution in [0.3, 0.4) is 0 Å². The van der Waals surface area contributed by atoms with Gasteiger partial charge in [0.15, 0.2) is 0 Å². The summed E-state index contributed by atoms with van der Waals surface area (Å²) in [6.45, 7) is 2.38. The molecule has 0 unspecified atom stereocenters. The summed E-state index contributed by atoms with van der Waals surface area (Å²) in [6, 6.07) is 9.88. The molecule has 0 atom stereocenters. The van der Waals surface area contributed by atoms with Crippen LogP contribution in [0.4, 0.5) is 18.9 Å². The normalized spacial score (nSPS) is 17.7. The number of carbonyl (C=O) groups is 2. The lowest BCUT2D eigenvalue weighted by Crippen LogP contribution is -2.40. The lowest BCUT2D eigenvalue weighted by atomic mass is 9.99. The van der Waals surface area contributed by atoms with Gasteiger partial charge in [0.05, 0.1) is 25.4 Å². The molecule has 2 aliphatic heterocycles. The second-order valence-corrected chi connectivity index (χ2v) is 7.80. The van der Waals surface area contributed by atoms with Crippen LogP contribution in [0.1, 0.15) is 34.3 Å². The Morgan fingerprint density at radius 3 is 2.42 bits per heavy atom. The van der Waals surface area contributed by atoms with E-state index in [0.29, 0.717) is 61.5 Å². The Kier molecular flexibility index (Phi) is 6.69. The monoisotopic (exact) mass is 460 g/mol. The predicted molar refractivity (Wildman–Crippen MR) is 116 cm³/mol. The molecule has 0 spiro atoms. The van der Waals surface area contributed by atoms with Gasteiger partial charge in [-0.05, 0) is 54.8 Å². The maximum absolute atomic E-state index is 13.0. The Morgan fingerprint density at radius 1 is 1.00 bits per heavy atom. The third kappa shape index (κ3) is 5.54. The van der Waals surface area contributed by atoms with E-state index < -0.39 is 17.6 Å². The largest absolute Gasteiger partial charge is 0.493 e. The fourth-order valence-electron chi connectivity index (χ4n) is 3.79. The zero-order chi connectivity index (χ0) is 23.4. The second kappa shape index (κ2) is 9.66. The minimum atomic E-state index is -4.47. The van der Waals surface area contributed by atoms with Crippen LogP contribution in [0.25, 0.3) is 5.57 Å². The van der Waals surface area contributed by atoms with Crippen molar-refractivity contribution in [3.8, 4) is 5.75 Å². The molecule has 1 saturated heterocycles. The minimum absolute atomic E-state index is 0.0911. The van der Waals surface area contributed by atoms with Crippen molar-refractivity contribution in [1.82, 2.24) is 4.90 Å². The molecule has 4 rings (SSSR count). The highest BCUT2D eigenvalue weighted by Gasteiger charge is 2.32. The number of rotatable bonds is 3. The van der Waals surface area contributed by atoms with Crippen LogP contribution in [-0.4, -0.2) is 49.6 Å². The van der Waals surface area contributed by atoms with Gasteiger partial charge in [0.25, 0.3) is 5.91 Å². The Balaban J connectivity index is 1.47. The molecule has 0 bridgehead atoms. The zero-order valence-electron chi connectivity index (χ0n) is 17.8. The van der Waals surface area contributed by atoms with E-state index in [1.165, 1.54) is 12.1 Å². The number of hydrogen-bond acceptors (Lipinski definition) is 4. The van der Waals surface area contributed by atoms with Gasteiger partial charge in [-0.2, -0.15) is 13.2 Å². The number of halogens is 3. The van der Waals surface area contributed by atoms with E-state index in [2.05, 4.69) is 5.32 Å². The molecule has 1 fully saturated rings. The number of ether oxygens (including phenoxy) is 2. The molecule has 2 heterocycles. The number of anilines is 1. The summed E-state index contributed by atoms with van der Waals surface area (Å²) in [5.41, 5.74) is 1.31. The number of carbonyl (C=O) groups excluding carboxylic acids is 2. The second-order valence-electron chi connectivity index (χ2n) is 7.80. The Hall–Kier alpha value is -3.33. The van der Waals surface area contributed by atoms with Gasteiger partial charge in [-0.15, -0.1) is 0 Å². The van der Waals surface area contributed by atoms with Crippen molar-refractivity contribution in [2.45, 2.75) is 19.0 Å². The third-order valence-electron chi connectivity index (χ3n) is 5.51. The standard InChI is InChI=1S/C24H23F3N2O4/c25-24(26,27)18-5-8-20-17(2-1-11-33-21(20)15-18)14-22(30)28-19-6-3-16(4-7-19)23(31)29-9-12-32-13-10-29/h3-8,14-15H,1-2,9-13H2,(H,28,30). The SMILES string of the molecule is O=C(C=C1CCCOc2cc(C(F)(F)F)ccc21)Nc1ccc(C(=O)N2CCOCC2)cc1. The molecule has 0 saturated carbocycles. The summed E-state index contributed by atoms with van der Waals surface area (Å²) < 4.78 is 49.8. The molecule has 0 aromatic heterocycles. The maximum atomic E-state index is 13.0. The molecule has 1 N–H and O–H groups in total. The predicted octanol–water partition coefficient (Wildman–Crippen LogP) is 4.37. The number of amides is 2. The molecule has 2 aromatic carbocycles. The van der Waals surface area contributed by atoms with Crippen LogP contribution < -0.4 is 10.1 Å². The van der Waals surface area contributed by atoms with Crippen molar-refractivity contribution in [3.63, 3.8) is 0 Å². The van der Waals surface area contributed by atoms with E-state index in [4.69, 9.17) is 9.47 Å². The number of fused-ring (bicyclic) bond motifs is 1. The fourth-order valence-corrected chi connectivity index (χ4v) is 3.79. The van der Waals surface area contributed by atoms with Crippen molar-refractivity contribution in [2.75, 3.05) is 38.2 Å². The van der Waals surface area contributed by atoms with Crippen molar-refractivity contribution in [1.29, 1.82) is 0 Å². The number of hydrogen-bond donors (Lipinski definition) is 1. The fraction of sp³-hybridized carbons (Fsp3) is 0.333. The highest BCUT2D eigenvalue weighted by atomic mass is 19.4. The van der Waals surface area contributed by atoms with E-state index in [1.54, 1.807) is 29.2 Å². The molecule has 2 aliphatic rings. The van der Waals surface area contributed by atoms with Crippen molar-refractivity contribution >= 4 is 23.1 Å². The first-order valence-corrected chi connectivity index (χ1v) is 10.6. The van der Waals surface area contributed by atoms with Gasteiger partial charge in [0.1, 0.15) is 5.75 Å². The maximum Gasteiger partial charge on any atom is 0.416 e. The van der Waals surface area contributed by atoms with E-state index in [0.717, 1.165) is 12.1 Å². The van der Waals surface area contributed by atoms with Gasteiger partial charge in [-0.3, -0.25) is 9.59 Å². The van der Waals surface area contributed by atoms with Crippen molar-refractivity contribution < 1.29 is 32.2 Å². The van der Waals surface area contributed by atoms with Crippen LogP contribution >= 0.6 is 0 Å². The van der Waals surface area contributed by atoms with Gasteiger partial charge < -0.3 is 19.7 Å². The van der Waals surface area contributed by atoms with Gasteiger partial charge in [-0.25, -0.2) is 0 Å². The highest BCUT2D eigenvalue weighted by molar-refractivity contribution is 6.04. The topological polar surface area (TPSA) is 67.9 Å². The number of alkyl halides is 3. The Labute approximate surface area is 189 Å². The van der Waals surface area contributed by atoms with Crippen LogP contribution in [0.15, 0.2) is 48.5 Å². The Morgan fingerprint density at radius 2 is 1.73 bits per heavy atom. The number of benzene rings is 2. The molecular weight excluding hydrogens is 437 g/mol. The number of allylic oxidation sites excluding steroid dienone is 1. The molecule has 0 radical (unpaired) electrons. The minimum Gasteiger partial charge on any atom is -0.493 e. The van der Waals surface area contributed by atoms with Crippen molar-refractivity contribution in [3.05, 3.63) is 65.2 Å². The van der Waals surface area contributed by atoms with Gasteiger partial charge in [-0.1, -0.05) is 6.07 Å². The number of nitrogens with zero attached hydrogens (tertiary/aromatic N) is 1. The molecule has 33 heavy (non-hydrogen) atoms. The third-order valence-corrected chi connectivity index (χ3v) is 5.51. The lowest BCUT2D eigenvalue weighted by Gasteiger charge is -2.26. The van der Waals surface area contributed by atoms with Crippen LogP contribution in [0, 0.1) is 0 Å². The van der Waals surface area contributed by atoms with Gasteiger partial charge in [0, 0.05) is 36.0 Å². The Bertz CT molecular complexity index is 1060. The van der Waals surface area contributed by atoms with E-state index in [-0.39, 0.29) is 18.3 Å². The quantitative estimate of drug-likeness (QED) is 0.691. The summed E-state index contributed by atoms with van der Waals surface area (Å²) in [7, 11) is 0. The van der Waals surface area contributed by atoms with Gasteiger partial charge in [0.2, 0.25) is 5.91 Å². The zero-order valence-corrected chi connectivity index (χ0v) is 17.8. The van der Waals surface area contributed by atoms with Crippen molar-refractivity contribution in [2.24, 2.45) is 0 Å². The number of morpholine rings is 1. The summed E-state index contributed by atoms with van der Waals surface area (Å²) >= 11 is 0. The lowest BCUT2D eigenvalue weighted by molar-refractivity contribution is -0.137. The molecule has 2 amide bonds. The summed E-state index contributed by atoms with van der Waals surface area (Å²) in [6.07, 6.45) is -2.01. The van der Waals surface area contributed by atoms with Crippen LogP contribution in [0.5, 0.6) is 5.75 Å². The summed E-state index contributed by atoms with van der Waals surface area (Å²) in [5, 5.41) is 2.74. The van der Waals surface area contributed by atoms with Crippen LogP contribution in [0.2, 0.25) is 0 Å². The first kappa shape index (κ1) is 22.8. The van der Waals surface area contributed by atoms with E-state index >= 15 is 0 Å². The molecule has 9 heteroatoms. The smallest absolute Gasteiger partial charge is 0.416 e. The van der Waals surface area contributed by atoms with E-state index in [1.807, 2.05) is 0 Å².